The van der Waals surface area contributed by atoms with Gasteiger partial charge in [0.05, 0.1) is 12.2 Å². The Morgan fingerprint density at radius 2 is 2.20 bits per heavy atom. The third-order valence-corrected chi connectivity index (χ3v) is 4.95. The van der Waals surface area contributed by atoms with Crippen LogP contribution >= 0.6 is 0 Å². The number of hydrogen-bond acceptors (Lipinski definition) is 4. The van der Waals surface area contributed by atoms with Crippen molar-refractivity contribution in [3.8, 4) is 0 Å². The molecule has 0 bridgehead atoms. The van der Waals surface area contributed by atoms with E-state index < -0.39 is 5.54 Å². The summed E-state index contributed by atoms with van der Waals surface area (Å²) in [6.45, 7) is 10.8. The molecule has 1 saturated carbocycles. The second-order valence-corrected chi connectivity index (χ2v) is 6.63. The van der Waals surface area contributed by atoms with Crippen LogP contribution in [0.5, 0.6) is 0 Å². The molecular formula is C15H28N2O3. The molecule has 1 amide bonds. The molecule has 0 aromatic carbocycles. The van der Waals surface area contributed by atoms with E-state index in [1.807, 2.05) is 32.6 Å². The molecule has 3 unspecified atom stereocenters. The van der Waals surface area contributed by atoms with Crippen molar-refractivity contribution in [2.45, 2.75) is 58.3 Å². The molecular weight excluding hydrogens is 256 g/mol. The van der Waals surface area contributed by atoms with Crippen molar-refractivity contribution in [1.82, 2.24) is 4.90 Å². The van der Waals surface area contributed by atoms with E-state index in [2.05, 4.69) is 0 Å². The molecule has 1 aliphatic heterocycles. The number of carbonyl (C=O) groups excluding carboxylic acids is 1. The summed E-state index contributed by atoms with van der Waals surface area (Å²) in [4.78, 5) is 14.7. The van der Waals surface area contributed by atoms with Crippen molar-refractivity contribution >= 4 is 5.91 Å². The summed E-state index contributed by atoms with van der Waals surface area (Å²) in [7, 11) is 0. The Hall–Kier alpha value is -0.650. The number of carbonyl (C=O) groups is 1. The molecule has 5 heteroatoms. The molecule has 1 saturated heterocycles. The smallest absolute Gasteiger partial charge is 0.243 e. The SMILES string of the molecule is CCOC1CC(N)(C(=O)N2CCCOC(C)C2)C1(C)C. The Balaban J connectivity index is 2.08. The fourth-order valence-electron chi connectivity index (χ4n) is 3.26. The first-order valence-electron chi connectivity index (χ1n) is 7.64. The minimum Gasteiger partial charge on any atom is -0.378 e. The minimum absolute atomic E-state index is 0.0517. The third-order valence-electron chi connectivity index (χ3n) is 4.95. The van der Waals surface area contributed by atoms with Crippen LogP contribution in [0.3, 0.4) is 0 Å². The van der Waals surface area contributed by atoms with E-state index in [4.69, 9.17) is 15.2 Å². The third kappa shape index (κ3) is 2.47. The molecule has 2 aliphatic rings. The highest BCUT2D eigenvalue weighted by Crippen LogP contribution is 2.50. The van der Waals surface area contributed by atoms with Crippen molar-refractivity contribution in [2.75, 3.05) is 26.3 Å². The Labute approximate surface area is 121 Å². The minimum atomic E-state index is -0.809. The zero-order valence-corrected chi connectivity index (χ0v) is 13.1. The van der Waals surface area contributed by atoms with Gasteiger partial charge in [0.15, 0.2) is 0 Å². The predicted molar refractivity (Wildman–Crippen MR) is 77.3 cm³/mol. The fraction of sp³-hybridized carbons (Fsp3) is 0.933. The highest BCUT2D eigenvalue weighted by molar-refractivity contribution is 5.89. The Kier molecular flexibility index (Phi) is 4.42. The largest absolute Gasteiger partial charge is 0.378 e. The molecule has 5 nitrogen and oxygen atoms in total. The predicted octanol–water partition coefficient (Wildman–Crippen LogP) is 1.16. The maximum Gasteiger partial charge on any atom is 0.243 e. The summed E-state index contributed by atoms with van der Waals surface area (Å²) >= 11 is 0. The zero-order chi connectivity index (χ0) is 15.0. The molecule has 3 atom stereocenters. The van der Waals surface area contributed by atoms with Gasteiger partial charge in [-0.15, -0.1) is 0 Å². The van der Waals surface area contributed by atoms with Gasteiger partial charge in [0.25, 0.3) is 0 Å². The summed E-state index contributed by atoms with van der Waals surface area (Å²) < 4.78 is 11.3. The van der Waals surface area contributed by atoms with Crippen molar-refractivity contribution in [2.24, 2.45) is 11.1 Å². The number of amides is 1. The highest BCUT2D eigenvalue weighted by Gasteiger charge is 2.63. The second kappa shape index (κ2) is 5.62. The molecule has 116 valence electrons. The highest BCUT2D eigenvalue weighted by atomic mass is 16.5. The van der Waals surface area contributed by atoms with Crippen LogP contribution in [-0.2, 0) is 14.3 Å². The number of nitrogens with zero attached hydrogens (tertiary/aromatic N) is 1. The molecule has 0 spiro atoms. The maximum absolute atomic E-state index is 12.9. The van der Waals surface area contributed by atoms with Gasteiger partial charge in [-0.2, -0.15) is 0 Å². The van der Waals surface area contributed by atoms with Crippen molar-refractivity contribution in [1.29, 1.82) is 0 Å². The molecule has 20 heavy (non-hydrogen) atoms. The summed E-state index contributed by atoms with van der Waals surface area (Å²) in [5, 5.41) is 0. The maximum atomic E-state index is 12.9. The summed E-state index contributed by atoms with van der Waals surface area (Å²) in [5.74, 6) is 0.0517. The Bertz CT molecular complexity index is 372. The molecule has 2 rings (SSSR count). The van der Waals surface area contributed by atoms with Crippen LogP contribution in [0, 0.1) is 5.41 Å². The number of rotatable bonds is 3. The first kappa shape index (κ1) is 15.7. The standard InChI is InChI=1S/C15H28N2O3/c1-5-19-12-9-15(16,14(12,3)4)13(18)17-7-6-8-20-11(2)10-17/h11-12H,5-10,16H2,1-4H3. The number of ether oxygens (including phenoxy) is 2. The van der Waals surface area contributed by atoms with E-state index >= 15 is 0 Å². The summed E-state index contributed by atoms with van der Waals surface area (Å²) in [5.41, 5.74) is 5.33. The van der Waals surface area contributed by atoms with E-state index in [1.54, 1.807) is 0 Å². The average Bonchev–Trinajstić information content (AvgIpc) is 2.62. The van der Waals surface area contributed by atoms with Gasteiger partial charge in [-0.25, -0.2) is 0 Å². The fourth-order valence-corrected chi connectivity index (χ4v) is 3.26. The average molecular weight is 284 g/mol. The van der Waals surface area contributed by atoms with Gasteiger partial charge in [0.2, 0.25) is 5.91 Å². The first-order chi connectivity index (χ1) is 9.33. The Morgan fingerprint density at radius 1 is 1.50 bits per heavy atom. The van der Waals surface area contributed by atoms with Crippen LogP contribution in [0.15, 0.2) is 0 Å². The van der Waals surface area contributed by atoms with Gasteiger partial charge in [0, 0.05) is 38.1 Å². The van der Waals surface area contributed by atoms with Gasteiger partial charge in [-0.05, 0) is 20.3 Å². The molecule has 0 radical (unpaired) electrons. The normalized spacial score (nSPS) is 37.1. The number of nitrogens with two attached hydrogens (primary N) is 1. The van der Waals surface area contributed by atoms with Crippen molar-refractivity contribution in [3.05, 3.63) is 0 Å². The molecule has 1 aliphatic carbocycles. The topological polar surface area (TPSA) is 64.8 Å². The van der Waals surface area contributed by atoms with Gasteiger partial charge in [0.1, 0.15) is 5.54 Å². The van der Waals surface area contributed by atoms with E-state index in [1.165, 1.54) is 0 Å². The monoisotopic (exact) mass is 284 g/mol. The molecule has 0 aromatic heterocycles. The summed E-state index contributed by atoms with van der Waals surface area (Å²) in [6, 6.07) is 0. The van der Waals surface area contributed by atoms with Gasteiger partial charge in [-0.3, -0.25) is 4.79 Å². The van der Waals surface area contributed by atoms with Crippen molar-refractivity contribution in [3.63, 3.8) is 0 Å². The van der Waals surface area contributed by atoms with Crippen LogP contribution in [-0.4, -0.2) is 54.9 Å². The quantitative estimate of drug-likeness (QED) is 0.844. The van der Waals surface area contributed by atoms with Crippen LogP contribution in [0.25, 0.3) is 0 Å². The lowest BCUT2D eigenvalue weighted by Crippen LogP contribution is -2.76. The van der Waals surface area contributed by atoms with E-state index in [-0.39, 0.29) is 23.5 Å². The summed E-state index contributed by atoms with van der Waals surface area (Å²) in [6.07, 6.45) is 1.64. The van der Waals surface area contributed by atoms with Crippen molar-refractivity contribution < 1.29 is 14.3 Å². The van der Waals surface area contributed by atoms with Crippen LogP contribution in [0.2, 0.25) is 0 Å². The lowest BCUT2D eigenvalue weighted by Gasteiger charge is -2.58. The lowest BCUT2D eigenvalue weighted by molar-refractivity contribution is -0.179. The van der Waals surface area contributed by atoms with Gasteiger partial charge in [-0.1, -0.05) is 13.8 Å². The van der Waals surface area contributed by atoms with Crippen LogP contribution < -0.4 is 5.73 Å². The van der Waals surface area contributed by atoms with E-state index in [9.17, 15) is 4.79 Å². The lowest BCUT2D eigenvalue weighted by atomic mass is 9.54. The first-order valence-corrected chi connectivity index (χ1v) is 7.64. The molecule has 1 heterocycles. The zero-order valence-electron chi connectivity index (χ0n) is 13.1. The van der Waals surface area contributed by atoms with Crippen LogP contribution in [0.4, 0.5) is 0 Å². The molecule has 2 fully saturated rings. The van der Waals surface area contributed by atoms with Crippen LogP contribution in [0.1, 0.15) is 40.5 Å². The number of hydrogen-bond donors (Lipinski definition) is 1. The molecule has 2 N–H and O–H groups in total. The van der Waals surface area contributed by atoms with Gasteiger partial charge < -0.3 is 20.1 Å². The van der Waals surface area contributed by atoms with E-state index in [0.29, 0.717) is 26.2 Å². The van der Waals surface area contributed by atoms with E-state index in [0.717, 1.165) is 13.0 Å². The Morgan fingerprint density at radius 3 is 2.80 bits per heavy atom. The molecule has 0 aromatic rings. The van der Waals surface area contributed by atoms with Gasteiger partial charge >= 0.3 is 0 Å². The second-order valence-electron chi connectivity index (χ2n) is 6.63.